The minimum atomic E-state index is -0.435. The van der Waals surface area contributed by atoms with Crippen LogP contribution in [-0.4, -0.2) is 21.6 Å². The van der Waals surface area contributed by atoms with Gasteiger partial charge in [0.15, 0.2) is 0 Å². The number of hydrogen-bond donors (Lipinski definition) is 2. The monoisotopic (exact) mass is 421 g/mol. The summed E-state index contributed by atoms with van der Waals surface area (Å²) in [6.07, 6.45) is 0. The van der Waals surface area contributed by atoms with Crippen LogP contribution in [0, 0.1) is 33.5 Å². The number of benzene rings is 2. The number of anilines is 1. The fourth-order valence-electron chi connectivity index (χ4n) is 3.31. The first-order valence-electron chi connectivity index (χ1n) is 10.3. The second-order valence-corrected chi connectivity index (χ2v) is 7.54. The molecule has 0 unspecified atom stereocenters. The van der Waals surface area contributed by atoms with Crippen molar-refractivity contribution in [1.29, 1.82) is 0 Å². The van der Waals surface area contributed by atoms with Crippen molar-refractivity contribution in [3.8, 4) is 0 Å². The molecule has 0 spiro atoms. The lowest BCUT2D eigenvalue weighted by Gasteiger charge is -2.13. The minimum absolute atomic E-state index is 0.230. The van der Waals surface area contributed by atoms with Gasteiger partial charge in [0.1, 0.15) is 5.82 Å². The number of halogens is 1. The van der Waals surface area contributed by atoms with E-state index in [0.29, 0.717) is 18.1 Å². The van der Waals surface area contributed by atoms with Crippen LogP contribution in [0.15, 0.2) is 47.5 Å². The molecule has 1 aromatic heterocycles. The van der Waals surface area contributed by atoms with E-state index in [1.807, 2.05) is 56.6 Å². The molecule has 2 N–H and O–H groups in total. The molecule has 3 rings (SSSR count). The Kier molecular flexibility index (Phi) is 6.84. The van der Waals surface area contributed by atoms with Crippen molar-refractivity contribution in [2.24, 2.45) is 4.99 Å². The lowest BCUT2D eigenvalue weighted by atomic mass is 10.1. The summed E-state index contributed by atoms with van der Waals surface area (Å²) in [5, 5.41) is 10.5. The molecule has 2 aromatic carbocycles. The van der Waals surface area contributed by atoms with Gasteiger partial charge in [-0.15, -0.1) is 0 Å². The molecule has 0 aliphatic rings. The van der Waals surface area contributed by atoms with Crippen LogP contribution >= 0.6 is 0 Å². The van der Waals surface area contributed by atoms with Crippen LogP contribution in [0.25, 0.3) is 0 Å². The Bertz CT molecular complexity index is 1130. The summed E-state index contributed by atoms with van der Waals surface area (Å²) in [5.74, 6) is -0.564. The standard InChI is InChI=1S/C24H28FN5O/c1-6-30-18(5)21(17(4)29-30)14-26-24(27-20-9-7-8-15(2)12-20)28-23(31)19-11-10-16(3)22(25)13-19/h7-13H,6,14H2,1-5H3,(H2,26,27,28,31). The number of aliphatic imine (C=N–C) groups is 1. The maximum atomic E-state index is 13.9. The Morgan fingerprint density at radius 1 is 1.13 bits per heavy atom. The molecule has 6 nitrogen and oxygen atoms in total. The first kappa shape index (κ1) is 22.2. The van der Waals surface area contributed by atoms with Gasteiger partial charge in [-0.3, -0.25) is 14.8 Å². The Balaban J connectivity index is 1.88. The molecule has 162 valence electrons. The van der Waals surface area contributed by atoms with Gasteiger partial charge < -0.3 is 5.32 Å². The maximum absolute atomic E-state index is 13.9. The van der Waals surface area contributed by atoms with Gasteiger partial charge in [0.05, 0.1) is 12.2 Å². The zero-order valence-electron chi connectivity index (χ0n) is 18.6. The van der Waals surface area contributed by atoms with E-state index in [0.717, 1.165) is 34.7 Å². The molecule has 0 aliphatic heterocycles. The molecule has 31 heavy (non-hydrogen) atoms. The predicted octanol–water partition coefficient (Wildman–Crippen LogP) is 4.67. The first-order chi connectivity index (χ1) is 14.8. The van der Waals surface area contributed by atoms with Gasteiger partial charge in [0, 0.05) is 29.1 Å². The minimum Gasteiger partial charge on any atom is -0.326 e. The second-order valence-electron chi connectivity index (χ2n) is 7.54. The zero-order valence-corrected chi connectivity index (χ0v) is 18.6. The number of guanidine groups is 1. The largest absolute Gasteiger partial charge is 0.326 e. The average Bonchev–Trinajstić information content (AvgIpc) is 3.01. The van der Waals surface area contributed by atoms with E-state index in [2.05, 4.69) is 20.7 Å². The summed E-state index contributed by atoms with van der Waals surface area (Å²) in [6.45, 7) is 10.8. The summed E-state index contributed by atoms with van der Waals surface area (Å²) < 4.78 is 15.9. The maximum Gasteiger partial charge on any atom is 0.258 e. The SMILES string of the molecule is CCn1nc(C)c(CN=C(NC(=O)c2ccc(C)c(F)c2)Nc2cccc(C)c2)c1C. The van der Waals surface area contributed by atoms with E-state index >= 15 is 0 Å². The second kappa shape index (κ2) is 9.55. The number of aromatic nitrogens is 2. The smallest absolute Gasteiger partial charge is 0.258 e. The van der Waals surface area contributed by atoms with Gasteiger partial charge in [0.2, 0.25) is 5.96 Å². The topological polar surface area (TPSA) is 71.3 Å². The number of aryl methyl sites for hydroxylation is 4. The third-order valence-corrected chi connectivity index (χ3v) is 5.17. The third-order valence-electron chi connectivity index (χ3n) is 5.17. The van der Waals surface area contributed by atoms with Crippen molar-refractivity contribution in [3.05, 3.63) is 81.9 Å². The van der Waals surface area contributed by atoms with E-state index in [1.54, 1.807) is 19.1 Å². The fraction of sp³-hybridized carbons (Fsp3) is 0.292. The number of rotatable bonds is 5. The van der Waals surface area contributed by atoms with Crippen molar-refractivity contribution in [1.82, 2.24) is 15.1 Å². The van der Waals surface area contributed by atoms with Crippen molar-refractivity contribution in [2.75, 3.05) is 5.32 Å². The molecule has 0 saturated heterocycles. The van der Waals surface area contributed by atoms with Crippen LogP contribution in [0.1, 0.15) is 45.4 Å². The molecule has 7 heteroatoms. The molecule has 0 aliphatic carbocycles. The highest BCUT2D eigenvalue weighted by Gasteiger charge is 2.14. The van der Waals surface area contributed by atoms with Crippen molar-refractivity contribution < 1.29 is 9.18 Å². The highest BCUT2D eigenvalue weighted by Crippen LogP contribution is 2.15. The molecular formula is C24H28FN5O. The quantitative estimate of drug-likeness (QED) is 0.464. The van der Waals surface area contributed by atoms with Crippen LogP contribution in [0.2, 0.25) is 0 Å². The van der Waals surface area contributed by atoms with Crippen molar-refractivity contribution in [3.63, 3.8) is 0 Å². The molecule has 3 aromatic rings. The Morgan fingerprint density at radius 2 is 1.90 bits per heavy atom. The summed E-state index contributed by atoms with van der Waals surface area (Å²) in [7, 11) is 0. The Morgan fingerprint density at radius 3 is 2.55 bits per heavy atom. The zero-order chi connectivity index (χ0) is 22.5. The third kappa shape index (κ3) is 5.36. The number of carbonyl (C=O) groups is 1. The lowest BCUT2D eigenvalue weighted by Crippen LogP contribution is -2.36. The van der Waals surface area contributed by atoms with Crippen molar-refractivity contribution >= 4 is 17.6 Å². The van der Waals surface area contributed by atoms with Crippen LogP contribution in [0.5, 0.6) is 0 Å². The normalized spacial score (nSPS) is 11.5. The van der Waals surface area contributed by atoms with E-state index in [-0.39, 0.29) is 5.56 Å². The summed E-state index contributed by atoms with van der Waals surface area (Å²) in [4.78, 5) is 17.4. The van der Waals surface area contributed by atoms with Gasteiger partial charge in [-0.05, 0) is 70.0 Å². The van der Waals surface area contributed by atoms with Gasteiger partial charge in [-0.2, -0.15) is 5.10 Å². The summed E-state index contributed by atoms with van der Waals surface area (Å²) in [6, 6.07) is 12.2. The van der Waals surface area contributed by atoms with E-state index in [4.69, 9.17) is 0 Å². The lowest BCUT2D eigenvalue weighted by molar-refractivity contribution is 0.0976. The molecular weight excluding hydrogens is 393 g/mol. The Labute approximate surface area is 182 Å². The fourth-order valence-corrected chi connectivity index (χ4v) is 3.31. The van der Waals surface area contributed by atoms with Crippen LogP contribution in [0.3, 0.4) is 0 Å². The van der Waals surface area contributed by atoms with Gasteiger partial charge in [-0.25, -0.2) is 9.38 Å². The average molecular weight is 422 g/mol. The molecule has 1 amide bonds. The van der Waals surface area contributed by atoms with Gasteiger partial charge in [0.25, 0.3) is 5.91 Å². The van der Waals surface area contributed by atoms with Crippen LogP contribution in [0.4, 0.5) is 10.1 Å². The van der Waals surface area contributed by atoms with E-state index in [1.165, 1.54) is 6.07 Å². The predicted molar refractivity (Wildman–Crippen MR) is 122 cm³/mol. The summed E-state index contributed by atoms with van der Waals surface area (Å²) in [5.41, 5.74) is 5.56. The number of amides is 1. The summed E-state index contributed by atoms with van der Waals surface area (Å²) >= 11 is 0. The van der Waals surface area contributed by atoms with Gasteiger partial charge in [-0.1, -0.05) is 18.2 Å². The van der Waals surface area contributed by atoms with Crippen LogP contribution < -0.4 is 10.6 Å². The Hall–Kier alpha value is -3.48. The van der Waals surface area contributed by atoms with Gasteiger partial charge >= 0.3 is 0 Å². The number of nitrogens with one attached hydrogen (secondary N) is 2. The number of hydrogen-bond acceptors (Lipinski definition) is 3. The van der Waals surface area contributed by atoms with Crippen LogP contribution in [-0.2, 0) is 13.1 Å². The molecule has 0 atom stereocenters. The molecule has 0 saturated carbocycles. The highest BCUT2D eigenvalue weighted by molar-refractivity contribution is 6.10. The van der Waals surface area contributed by atoms with E-state index < -0.39 is 11.7 Å². The first-order valence-corrected chi connectivity index (χ1v) is 10.3. The molecule has 0 bridgehead atoms. The molecule has 1 heterocycles. The molecule has 0 radical (unpaired) electrons. The number of carbonyl (C=O) groups excluding carboxylic acids is 1. The van der Waals surface area contributed by atoms with E-state index in [9.17, 15) is 9.18 Å². The van der Waals surface area contributed by atoms with Crippen molar-refractivity contribution in [2.45, 2.75) is 47.7 Å². The highest BCUT2D eigenvalue weighted by atomic mass is 19.1. The molecule has 0 fully saturated rings. The number of nitrogens with zero attached hydrogens (tertiary/aromatic N) is 3.